The van der Waals surface area contributed by atoms with Gasteiger partial charge in [0.2, 0.25) is 11.8 Å². The smallest absolute Gasteiger partial charge is 0.227 e. The van der Waals surface area contributed by atoms with E-state index in [0.717, 1.165) is 6.42 Å². The molecule has 1 unspecified atom stereocenters. The van der Waals surface area contributed by atoms with E-state index >= 15 is 0 Å². The van der Waals surface area contributed by atoms with Crippen molar-refractivity contribution in [2.24, 2.45) is 5.92 Å². The van der Waals surface area contributed by atoms with Crippen molar-refractivity contribution in [2.75, 3.05) is 0 Å². The second kappa shape index (κ2) is 5.21. The zero-order chi connectivity index (χ0) is 11.4. The van der Waals surface area contributed by atoms with E-state index in [1.54, 1.807) is 0 Å². The third-order valence-corrected chi connectivity index (χ3v) is 2.80. The molecular weight excluding hydrogens is 214 g/mol. The molecule has 0 saturated carbocycles. The summed E-state index contributed by atoms with van der Waals surface area (Å²) in [5, 5.41) is 2.62. The van der Waals surface area contributed by atoms with Gasteiger partial charge in [-0.15, -0.1) is 0 Å². The van der Waals surface area contributed by atoms with Crippen molar-refractivity contribution >= 4 is 29.1 Å². The van der Waals surface area contributed by atoms with Crippen molar-refractivity contribution in [1.82, 2.24) is 5.32 Å². The van der Waals surface area contributed by atoms with Crippen LogP contribution in [0.2, 0.25) is 0 Å². The number of nitrogens with one attached hydrogen (secondary N) is 1. The van der Waals surface area contributed by atoms with Crippen LogP contribution in [-0.2, 0) is 14.3 Å². The fourth-order valence-corrected chi connectivity index (χ4v) is 1.65. The largest absolute Gasteiger partial charge is 0.484 e. The van der Waals surface area contributed by atoms with Crippen LogP contribution in [0.4, 0.5) is 0 Å². The lowest BCUT2D eigenvalue weighted by Crippen LogP contribution is -2.41. The number of rotatable bonds is 3. The van der Waals surface area contributed by atoms with Crippen molar-refractivity contribution in [1.29, 1.82) is 0 Å². The Morgan fingerprint density at radius 3 is 2.53 bits per heavy atom. The van der Waals surface area contributed by atoms with Crippen LogP contribution < -0.4 is 5.32 Å². The fraction of sp³-hybridized carbons (Fsp3) is 0.700. The second-order valence-corrected chi connectivity index (χ2v) is 4.13. The van der Waals surface area contributed by atoms with Crippen molar-refractivity contribution in [2.45, 2.75) is 39.2 Å². The minimum absolute atomic E-state index is 0.0394. The van der Waals surface area contributed by atoms with E-state index in [-0.39, 0.29) is 36.7 Å². The predicted octanol–water partition coefficient (Wildman–Crippen LogP) is 1.18. The Bertz CT molecular complexity index is 274. The molecule has 1 saturated heterocycles. The van der Waals surface area contributed by atoms with Crippen LogP contribution in [0.15, 0.2) is 0 Å². The summed E-state index contributed by atoms with van der Waals surface area (Å²) in [7, 11) is 0. The van der Waals surface area contributed by atoms with Gasteiger partial charge in [-0.2, -0.15) is 0 Å². The number of amides is 2. The highest BCUT2D eigenvalue weighted by Gasteiger charge is 2.29. The summed E-state index contributed by atoms with van der Waals surface area (Å²) < 4.78 is 5.43. The topological polar surface area (TPSA) is 55.4 Å². The van der Waals surface area contributed by atoms with Gasteiger partial charge in [0.1, 0.15) is 0 Å². The van der Waals surface area contributed by atoms with E-state index in [1.165, 1.54) is 0 Å². The van der Waals surface area contributed by atoms with Crippen LogP contribution in [0, 0.1) is 5.92 Å². The Labute approximate surface area is 94.4 Å². The average molecular weight is 229 g/mol. The molecule has 1 aliphatic rings. The van der Waals surface area contributed by atoms with Gasteiger partial charge in [-0.3, -0.25) is 14.9 Å². The van der Waals surface area contributed by atoms with Gasteiger partial charge in [0.15, 0.2) is 5.05 Å². The summed E-state index contributed by atoms with van der Waals surface area (Å²) in [6.07, 6.45) is 1.40. The molecule has 0 radical (unpaired) electrons. The third-order valence-electron chi connectivity index (χ3n) is 2.37. The maximum Gasteiger partial charge on any atom is 0.227 e. The summed E-state index contributed by atoms with van der Waals surface area (Å²) in [5.41, 5.74) is 0. The van der Waals surface area contributed by atoms with E-state index in [2.05, 4.69) is 5.32 Å². The van der Waals surface area contributed by atoms with Crippen LogP contribution in [0.25, 0.3) is 0 Å². The standard InChI is InChI=1S/C10H15NO3S/c1-3-6(2)14-10(15)7-4-8(12)11-9(13)5-7/h6-7H,3-5H2,1-2H3,(H,11,12,13). The van der Waals surface area contributed by atoms with E-state index in [0.29, 0.717) is 5.05 Å². The van der Waals surface area contributed by atoms with Gasteiger partial charge in [0.05, 0.1) is 6.10 Å². The lowest BCUT2D eigenvalue weighted by atomic mass is 9.98. The van der Waals surface area contributed by atoms with Gasteiger partial charge in [-0.1, -0.05) is 6.92 Å². The highest BCUT2D eigenvalue weighted by Crippen LogP contribution is 2.18. The molecule has 84 valence electrons. The molecule has 15 heavy (non-hydrogen) atoms. The SMILES string of the molecule is CCC(C)OC(=S)C1CC(=O)NC(=O)C1. The highest BCUT2D eigenvalue weighted by atomic mass is 32.1. The molecule has 0 aromatic carbocycles. The van der Waals surface area contributed by atoms with E-state index < -0.39 is 0 Å². The Balaban J connectivity index is 2.52. The van der Waals surface area contributed by atoms with E-state index in [1.807, 2.05) is 13.8 Å². The van der Waals surface area contributed by atoms with E-state index in [9.17, 15) is 9.59 Å². The number of ether oxygens (including phenoxy) is 1. The van der Waals surface area contributed by atoms with Crippen LogP contribution in [0.3, 0.4) is 0 Å². The molecule has 0 bridgehead atoms. The molecule has 0 spiro atoms. The molecule has 1 N–H and O–H groups in total. The minimum Gasteiger partial charge on any atom is -0.484 e. The summed E-state index contributed by atoms with van der Waals surface area (Å²) in [6, 6.07) is 0. The summed E-state index contributed by atoms with van der Waals surface area (Å²) >= 11 is 5.07. The van der Waals surface area contributed by atoms with Crippen LogP contribution in [-0.4, -0.2) is 23.0 Å². The molecule has 1 atom stereocenters. The van der Waals surface area contributed by atoms with Gasteiger partial charge < -0.3 is 4.74 Å². The molecule has 1 rings (SSSR count). The molecule has 1 heterocycles. The third kappa shape index (κ3) is 3.58. The molecule has 5 heteroatoms. The number of carbonyl (C=O) groups excluding carboxylic acids is 2. The first-order chi connectivity index (χ1) is 7.02. The molecule has 1 fully saturated rings. The zero-order valence-corrected chi connectivity index (χ0v) is 9.73. The van der Waals surface area contributed by atoms with Crippen LogP contribution in [0.5, 0.6) is 0 Å². The van der Waals surface area contributed by atoms with Crippen molar-refractivity contribution in [3.8, 4) is 0 Å². The van der Waals surface area contributed by atoms with Gasteiger partial charge in [-0.05, 0) is 25.6 Å². The molecule has 0 aliphatic carbocycles. The second-order valence-electron chi connectivity index (χ2n) is 3.73. The number of carbonyl (C=O) groups is 2. The molecule has 0 aromatic heterocycles. The van der Waals surface area contributed by atoms with E-state index in [4.69, 9.17) is 17.0 Å². The van der Waals surface area contributed by atoms with Crippen molar-refractivity contribution in [3.63, 3.8) is 0 Å². The lowest BCUT2D eigenvalue weighted by Gasteiger charge is -2.23. The van der Waals surface area contributed by atoms with Crippen molar-refractivity contribution in [3.05, 3.63) is 0 Å². The molecule has 1 aliphatic heterocycles. The number of thiocarbonyl (C=S) groups is 1. The summed E-state index contributed by atoms with van der Waals surface area (Å²) in [6.45, 7) is 3.91. The summed E-state index contributed by atoms with van der Waals surface area (Å²) in [5.74, 6) is -0.784. The normalized spacial score (nSPS) is 19.6. The monoisotopic (exact) mass is 229 g/mol. The average Bonchev–Trinajstić information content (AvgIpc) is 2.16. The number of hydrogen-bond acceptors (Lipinski definition) is 4. The Morgan fingerprint density at radius 2 is 2.07 bits per heavy atom. The molecule has 2 amide bonds. The van der Waals surface area contributed by atoms with Gasteiger partial charge >= 0.3 is 0 Å². The quantitative estimate of drug-likeness (QED) is 0.583. The van der Waals surface area contributed by atoms with Crippen LogP contribution in [0.1, 0.15) is 33.1 Å². The maximum absolute atomic E-state index is 11.1. The first-order valence-electron chi connectivity index (χ1n) is 5.06. The Hall–Kier alpha value is -0.970. The first kappa shape index (κ1) is 12.1. The molecular formula is C10H15NO3S. The van der Waals surface area contributed by atoms with Crippen LogP contribution >= 0.6 is 12.2 Å². The first-order valence-corrected chi connectivity index (χ1v) is 5.47. The Kier molecular flexibility index (Phi) is 4.20. The fourth-order valence-electron chi connectivity index (χ4n) is 1.32. The molecule has 0 aromatic rings. The maximum atomic E-state index is 11.1. The van der Waals surface area contributed by atoms with Gasteiger partial charge in [0, 0.05) is 18.8 Å². The summed E-state index contributed by atoms with van der Waals surface area (Å²) in [4.78, 5) is 22.2. The predicted molar refractivity (Wildman–Crippen MR) is 59.3 cm³/mol. The zero-order valence-electron chi connectivity index (χ0n) is 8.91. The minimum atomic E-state index is -0.272. The van der Waals surface area contributed by atoms with Gasteiger partial charge in [0.25, 0.3) is 0 Å². The molecule has 4 nitrogen and oxygen atoms in total. The lowest BCUT2D eigenvalue weighted by molar-refractivity contribution is -0.134. The van der Waals surface area contributed by atoms with Gasteiger partial charge in [-0.25, -0.2) is 0 Å². The number of piperidine rings is 1. The van der Waals surface area contributed by atoms with Crippen molar-refractivity contribution < 1.29 is 14.3 Å². The number of imide groups is 1. The number of hydrogen-bond donors (Lipinski definition) is 1. The highest BCUT2D eigenvalue weighted by molar-refractivity contribution is 7.80. The Morgan fingerprint density at radius 1 is 1.53 bits per heavy atom.